The van der Waals surface area contributed by atoms with Crippen LogP contribution in [-0.2, 0) is 11.3 Å². The third-order valence-electron chi connectivity index (χ3n) is 6.48. The molecule has 11 heteroatoms. The molecule has 2 fully saturated rings. The fourth-order valence-electron chi connectivity index (χ4n) is 4.33. The highest BCUT2D eigenvalue weighted by atomic mass is 19.1. The molecule has 2 aliphatic rings. The first-order valence-electron chi connectivity index (χ1n) is 11.8. The number of aromatic nitrogens is 2. The van der Waals surface area contributed by atoms with Crippen LogP contribution in [0.1, 0.15) is 37.9 Å². The normalized spacial score (nSPS) is 19.7. The van der Waals surface area contributed by atoms with E-state index in [1.807, 2.05) is 45.0 Å². The van der Waals surface area contributed by atoms with Crippen LogP contribution in [0.2, 0.25) is 0 Å². The van der Waals surface area contributed by atoms with Crippen molar-refractivity contribution < 1.29 is 23.8 Å². The van der Waals surface area contributed by atoms with Crippen molar-refractivity contribution in [1.82, 2.24) is 19.8 Å². The van der Waals surface area contributed by atoms with Crippen LogP contribution < -0.4 is 10.2 Å². The van der Waals surface area contributed by atoms with Crippen LogP contribution in [0.25, 0.3) is 0 Å². The van der Waals surface area contributed by atoms with Gasteiger partial charge in [0.05, 0.1) is 12.1 Å². The minimum atomic E-state index is -0.870. The van der Waals surface area contributed by atoms with E-state index >= 15 is 0 Å². The summed E-state index contributed by atoms with van der Waals surface area (Å²) in [4.78, 5) is 36.6. The molecule has 188 valence electrons. The predicted octanol–water partition coefficient (Wildman–Crippen LogP) is 3.57. The number of anilines is 2. The summed E-state index contributed by atoms with van der Waals surface area (Å²) in [5.41, 5.74) is 2.10. The molecule has 0 bridgehead atoms. The number of piperazine rings is 1. The average molecular weight is 487 g/mol. The topological polar surface area (TPSA) is 111 Å². The molecule has 0 aliphatic carbocycles. The lowest BCUT2D eigenvalue weighted by atomic mass is 10.0. The highest BCUT2D eigenvalue weighted by Gasteiger charge is 2.37. The minimum Gasteiger partial charge on any atom is -0.465 e. The van der Waals surface area contributed by atoms with Gasteiger partial charge in [-0.2, -0.15) is 14.4 Å². The number of nitrogens with zero attached hydrogens (tertiary/aromatic N) is 5. The summed E-state index contributed by atoms with van der Waals surface area (Å²) in [6.45, 7) is 9.28. The molecule has 0 spiro atoms. The monoisotopic (exact) mass is 486 g/mol. The van der Waals surface area contributed by atoms with Crippen molar-refractivity contribution >= 4 is 24.0 Å². The first-order valence-corrected chi connectivity index (χ1v) is 11.8. The Kier molecular flexibility index (Phi) is 7.34. The van der Waals surface area contributed by atoms with Crippen LogP contribution in [0.15, 0.2) is 30.3 Å². The van der Waals surface area contributed by atoms with Crippen molar-refractivity contribution in [1.29, 1.82) is 0 Å². The number of hydrogen-bond acceptors (Lipinski definition) is 7. The van der Waals surface area contributed by atoms with Crippen molar-refractivity contribution in [3.05, 3.63) is 47.4 Å². The van der Waals surface area contributed by atoms with Gasteiger partial charge in [-0.1, -0.05) is 38.1 Å². The number of rotatable bonds is 7. The molecular weight excluding hydrogens is 455 g/mol. The van der Waals surface area contributed by atoms with Crippen LogP contribution in [0, 0.1) is 11.9 Å². The van der Waals surface area contributed by atoms with Crippen molar-refractivity contribution in [2.45, 2.75) is 39.4 Å². The second-order valence-corrected chi connectivity index (χ2v) is 9.28. The van der Waals surface area contributed by atoms with E-state index in [9.17, 15) is 14.0 Å². The van der Waals surface area contributed by atoms with Crippen molar-refractivity contribution in [3.63, 3.8) is 0 Å². The SMILES string of the molecule is CC(C)[C@H]1COC(=O)N1c1cc(F)nc(N[C@@H](C)c2ccc(CN3CCN(C(=O)O)CC3)cc2)n1. The maximum Gasteiger partial charge on any atom is 0.415 e. The average Bonchev–Trinajstić information content (AvgIpc) is 3.21. The van der Waals surface area contributed by atoms with Crippen LogP contribution >= 0.6 is 0 Å². The molecule has 2 aliphatic heterocycles. The fourth-order valence-corrected chi connectivity index (χ4v) is 4.33. The van der Waals surface area contributed by atoms with Gasteiger partial charge in [0.15, 0.2) is 0 Å². The van der Waals surface area contributed by atoms with Gasteiger partial charge in [0, 0.05) is 38.8 Å². The zero-order chi connectivity index (χ0) is 25.1. The standard InChI is InChI=1S/C24H31FN6O4/c1-15(2)19-14-35-24(34)31(19)21-12-20(25)27-22(28-21)26-16(3)18-6-4-17(5-7-18)13-29-8-10-30(11-9-29)23(32)33/h4-7,12,15-16,19H,8-11,13-14H2,1-3H3,(H,32,33)(H,26,27,28)/t16-,19+/m0/s1. The predicted molar refractivity (Wildman–Crippen MR) is 128 cm³/mol. The number of carbonyl (C=O) groups excluding carboxylic acids is 1. The van der Waals surface area contributed by atoms with E-state index in [0.29, 0.717) is 26.2 Å². The molecule has 0 radical (unpaired) electrons. The third kappa shape index (κ3) is 5.79. The number of benzene rings is 1. The van der Waals surface area contributed by atoms with Crippen molar-refractivity contribution in [3.8, 4) is 0 Å². The van der Waals surface area contributed by atoms with E-state index in [4.69, 9.17) is 9.84 Å². The molecule has 2 N–H and O–H groups in total. The Hall–Kier alpha value is -3.47. The summed E-state index contributed by atoms with van der Waals surface area (Å²) >= 11 is 0. The highest BCUT2D eigenvalue weighted by Crippen LogP contribution is 2.27. The maximum absolute atomic E-state index is 14.3. The molecule has 4 rings (SSSR count). The van der Waals surface area contributed by atoms with Gasteiger partial charge in [-0.05, 0) is 24.0 Å². The van der Waals surface area contributed by atoms with Crippen LogP contribution in [0.5, 0.6) is 0 Å². The molecule has 2 saturated heterocycles. The number of carboxylic acid groups (broad SMARTS) is 1. The molecule has 0 unspecified atom stereocenters. The Morgan fingerprint density at radius 2 is 1.86 bits per heavy atom. The van der Waals surface area contributed by atoms with E-state index in [2.05, 4.69) is 20.2 Å². The number of hydrogen-bond donors (Lipinski definition) is 2. The first-order chi connectivity index (χ1) is 16.7. The molecule has 10 nitrogen and oxygen atoms in total. The van der Waals surface area contributed by atoms with Gasteiger partial charge in [-0.25, -0.2) is 9.59 Å². The summed E-state index contributed by atoms with van der Waals surface area (Å²) in [6.07, 6.45) is -1.41. The number of carbonyl (C=O) groups is 2. The molecule has 35 heavy (non-hydrogen) atoms. The number of nitrogens with one attached hydrogen (secondary N) is 1. The molecule has 1 aromatic carbocycles. The van der Waals surface area contributed by atoms with Crippen molar-refractivity contribution in [2.24, 2.45) is 5.92 Å². The Labute approximate surface area is 203 Å². The van der Waals surface area contributed by atoms with Crippen LogP contribution in [0.3, 0.4) is 0 Å². The van der Waals surface area contributed by atoms with Crippen LogP contribution in [0.4, 0.5) is 25.7 Å². The molecule has 1 aromatic heterocycles. The molecule has 0 saturated carbocycles. The molecule has 2 amide bonds. The number of ether oxygens (including phenoxy) is 1. The second kappa shape index (κ2) is 10.4. The number of halogens is 1. The smallest absolute Gasteiger partial charge is 0.415 e. The van der Waals surface area contributed by atoms with E-state index in [0.717, 1.165) is 23.7 Å². The van der Waals surface area contributed by atoms with E-state index in [1.54, 1.807) is 0 Å². The van der Waals surface area contributed by atoms with Gasteiger partial charge in [0.2, 0.25) is 11.9 Å². The first kappa shape index (κ1) is 24.6. The van der Waals surface area contributed by atoms with Gasteiger partial charge < -0.3 is 20.1 Å². The van der Waals surface area contributed by atoms with Gasteiger partial charge in [-0.15, -0.1) is 0 Å². The quantitative estimate of drug-likeness (QED) is 0.572. The summed E-state index contributed by atoms with van der Waals surface area (Å²) in [5, 5.41) is 12.2. The summed E-state index contributed by atoms with van der Waals surface area (Å²) in [7, 11) is 0. The Balaban J connectivity index is 1.39. The zero-order valence-electron chi connectivity index (χ0n) is 20.1. The van der Waals surface area contributed by atoms with Gasteiger partial charge >= 0.3 is 12.2 Å². The van der Waals surface area contributed by atoms with Crippen LogP contribution in [-0.4, -0.2) is 75.9 Å². The third-order valence-corrected chi connectivity index (χ3v) is 6.48. The second-order valence-electron chi connectivity index (χ2n) is 9.28. The lowest BCUT2D eigenvalue weighted by Gasteiger charge is -2.33. The zero-order valence-corrected chi connectivity index (χ0v) is 20.1. The minimum absolute atomic E-state index is 0.0927. The van der Waals surface area contributed by atoms with Gasteiger partial charge in [0.25, 0.3) is 0 Å². The Bertz CT molecular complexity index is 1060. The maximum atomic E-state index is 14.3. The van der Waals surface area contributed by atoms with Crippen molar-refractivity contribution in [2.75, 3.05) is 43.0 Å². The summed E-state index contributed by atoms with van der Waals surface area (Å²) in [5.74, 6) is -0.346. The van der Waals surface area contributed by atoms with E-state index in [1.165, 1.54) is 9.80 Å². The lowest BCUT2D eigenvalue weighted by molar-refractivity contribution is 0.103. The molecular formula is C24H31FN6O4. The molecule has 2 aromatic rings. The van der Waals surface area contributed by atoms with E-state index in [-0.39, 0.29) is 36.4 Å². The molecule has 3 heterocycles. The van der Waals surface area contributed by atoms with Gasteiger partial charge in [0.1, 0.15) is 12.4 Å². The van der Waals surface area contributed by atoms with E-state index < -0.39 is 18.1 Å². The summed E-state index contributed by atoms with van der Waals surface area (Å²) < 4.78 is 19.5. The highest BCUT2D eigenvalue weighted by molar-refractivity contribution is 5.89. The molecule has 2 atom stereocenters. The fraction of sp³-hybridized carbons (Fsp3) is 0.500. The Morgan fingerprint density at radius 3 is 2.49 bits per heavy atom. The lowest BCUT2D eigenvalue weighted by Crippen LogP contribution is -2.47. The number of cyclic esters (lactones) is 1. The largest absolute Gasteiger partial charge is 0.465 e. The Morgan fingerprint density at radius 1 is 1.17 bits per heavy atom. The summed E-state index contributed by atoms with van der Waals surface area (Å²) in [6, 6.07) is 8.76. The number of amides is 2. The van der Waals surface area contributed by atoms with Gasteiger partial charge in [-0.3, -0.25) is 9.80 Å².